The molecule has 1 aliphatic heterocycles. The van der Waals surface area contributed by atoms with Gasteiger partial charge < -0.3 is 15.2 Å². The van der Waals surface area contributed by atoms with Crippen LogP contribution >= 0.6 is 22.9 Å². The molecule has 4 rings (SSSR count). The maximum Gasteiger partial charge on any atom is 0.223 e. The van der Waals surface area contributed by atoms with Crippen LogP contribution < -0.4 is 5.32 Å². The first-order valence-electron chi connectivity index (χ1n) is 13.2. The third kappa shape index (κ3) is 6.60. The van der Waals surface area contributed by atoms with E-state index in [-0.39, 0.29) is 18.9 Å². The van der Waals surface area contributed by atoms with Gasteiger partial charge in [-0.15, -0.1) is 21.5 Å². The molecule has 3 heterocycles. The van der Waals surface area contributed by atoms with Crippen molar-refractivity contribution in [2.24, 2.45) is 4.99 Å². The fourth-order valence-corrected chi connectivity index (χ4v) is 6.06. The van der Waals surface area contributed by atoms with E-state index in [2.05, 4.69) is 29.4 Å². The second-order valence-corrected chi connectivity index (χ2v) is 13.0. The Labute approximate surface area is 239 Å². The number of aliphatic hydroxyl groups excluding tert-OH is 1. The van der Waals surface area contributed by atoms with E-state index in [4.69, 9.17) is 21.3 Å². The van der Waals surface area contributed by atoms with Crippen molar-refractivity contribution in [3.8, 4) is 5.00 Å². The molecule has 2 aromatic heterocycles. The van der Waals surface area contributed by atoms with Crippen LogP contribution in [-0.4, -0.2) is 55.8 Å². The fraction of sp³-hybridized carbons (Fsp3) is 0.517. The highest BCUT2D eigenvalue weighted by atomic mass is 35.5. The average Bonchev–Trinajstić information content (AvgIpc) is 3.31. The molecular formula is C29H38ClN5O3S. The molecule has 0 bridgehead atoms. The molecule has 8 nitrogen and oxygen atoms in total. The van der Waals surface area contributed by atoms with Crippen molar-refractivity contribution in [3.63, 3.8) is 0 Å². The maximum absolute atomic E-state index is 13.4. The number of fused-ring (bicyclic) bond motifs is 3. The van der Waals surface area contributed by atoms with Crippen LogP contribution in [0.4, 0.5) is 0 Å². The summed E-state index contributed by atoms with van der Waals surface area (Å²) in [6, 6.07) is 7.13. The third-order valence-corrected chi connectivity index (χ3v) is 8.59. The van der Waals surface area contributed by atoms with Gasteiger partial charge in [-0.2, -0.15) is 0 Å². The molecule has 0 unspecified atom stereocenters. The van der Waals surface area contributed by atoms with Gasteiger partial charge in [0.25, 0.3) is 0 Å². The minimum Gasteiger partial charge on any atom is -0.396 e. The highest BCUT2D eigenvalue weighted by molar-refractivity contribution is 7.15. The zero-order valence-corrected chi connectivity index (χ0v) is 25.3. The number of hydrogen-bond acceptors (Lipinski definition) is 7. The Hall–Kier alpha value is -2.59. The molecule has 0 saturated carbocycles. The van der Waals surface area contributed by atoms with Gasteiger partial charge in [0.05, 0.1) is 17.7 Å². The second-order valence-electron chi connectivity index (χ2n) is 11.4. The van der Waals surface area contributed by atoms with Crippen molar-refractivity contribution in [1.82, 2.24) is 20.1 Å². The third-order valence-electron chi connectivity index (χ3n) is 7.15. The Morgan fingerprint density at radius 1 is 1.13 bits per heavy atom. The molecule has 0 aliphatic carbocycles. The molecule has 1 amide bonds. The van der Waals surface area contributed by atoms with Gasteiger partial charge in [0.1, 0.15) is 16.9 Å². The summed E-state index contributed by atoms with van der Waals surface area (Å²) in [7, 11) is 0. The lowest BCUT2D eigenvalue weighted by Crippen LogP contribution is -2.45. The number of aromatic nitrogens is 3. The SMILES string of the molecule is Cc1sc2c(c1C)C(c1ccc(Cl)cc1)=N[C@@H](CC(=O)NC(C)(C)CCOC(C)(C)CCO)c1nnc(C)n1-2. The summed E-state index contributed by atoms with van der Waals surface area (Å²) in [6.07, 6.45) is 1.31. The Kier molecular flexibility index (Phi) is 8.66. The Bertz CT molecular complexity index is 1370. The number of thiophene rings is 1. The van der Waals surface area contributed by atoms with Crippen molar-refractivity contribution in [2.45, 2.75) is 84.9 Å². The number of carbonyl (C=O) groups excluding carboxylic acids is 1. The molecule has 1 atom stereocenters. The van der Waals surface area contributed by atoms with E-state index in [9.17, 15) is 9.90 Å². The van der Waals surface area contributed by atoms with Crippen molar-refractivity contribution < 1.29 is 14.6 Å². The van der Waals surface area contributed by atoms with E-state index in [1.807, 2.05) is 63.5 Å². The van der Waals surface area contributed by atoms with Crippen molar-refractivity contribution in [1.29, 1.82) is 0 Å². The summed E-state index contributed by atoms with van der Waals surface area (Å²) >= 11 is 7.88. The van der Waals surface area contributed by atoms with Crippen LogP contribution in [0.25, 0.3) is 5.00 Å². The lowest BCUT2D eigenvalue weighted by atomic mass is 9.99. The molecule has 1 aliphatic rings. The predicted octanol–water partition coefficient (Wildman–Crippen LogP) is 5.65. The van der Waals surface area contributed by atoms with Gasteiger partial charge in [-0.25, -0.2) is 0 Å². The average molecular weight is 572 g/mol. The van der Waals surface area contributed by atoms with Gasteiger partial charge in [-0.05, 0) is 79.0 Å². The van der Waals surface area contributed by atoms with E-state index in [0.29, 0.717) is 30.3 Å². The van der Waals surface area contributed by atoms with Crippen LogP contribution in [0.2, 0.25) is 5.02 Å². The molecule has 1 aromatic carbocycles. The molecule has 0 spiro atoms. The summed E-state index contributed by atoms with van der Waals surface area (Å²) in [5, 5.41) is 22.9. The summed E-state index contributed by atoms with van der Waals surface area (Å²) in [4.78, 5) is 19.8. The number of aliphatic imine (C=N–C) groups is 1. The topological polar surface area (TPSA) is 102 Å². The summed E-state index contributed by atoms with van der Waals surface area (Å²) in [5.41, 5.74) is 3.04. The molecule has 0 fully saturated rings. The maximum atomic E-state index is 13.4. The van der Waals surface area contributed by atoms with Crippen LogP contribution in [0, 0.1) is 20.8 Å². The molecule has 0 saturated heterocycles. The fourth-order valence-electron chi connectivity index (χ4n) is 4.72. The minimum absolute atomic E-state index is 0.0722. The van der Waals surface area contributed by atoms with Gasteiger partial charge in [0, 0.05) is 39.8 Å². The summed E-state index contributed by atoms with van der Waals surface area (Å²) in [5.74, 6) is 1.29. The minimum atomic E-state index is -0.522. The van der Waals surface area contributed by atoms with E-state index in [1.54, 1.807) is 11.3 Å². The molecule has 10 heteroatoms. The van der Waals surface area contributed by atoms with Crippen molar-refractivity contribution >= 4 is 34.6 Å². The number of aliphatic hydroxyl groups is 1. The number of carbonyl (C=O) groups is 1. The lowest BCUT2D eigenvalue weighted by Gasteiger charge is -2.30. The van der Waals surface area contributed by atoms with E-state index in [0.717, 1.165) is 33.2 Å². The van der Waals surface area contributed by atoms with Crippen LogP contribution in [0.15, 0.2) is 29.3 Å². The number of amides is 1. The number of benzene rings is 1. The standard InChI is InChI=1S/C29H38ClN5O3S/c1-17-18(2)39-27-24(17)25(20-8-10-21(30)11-9-20)31-22(26-34-33-19(3)35(26)27)16-23(37)32-28(4,5)13-15-38-29(6,7)12-14-36/h8-11,22,36H,12-16H2,1-7H3,(H,32,37)/t22-/m0/s1. The van der Waals surface area contributed by atoms with Crippen LogP contribution in [0.3, 0.4) is 0 Å². The monoisotopic (exact) mass is 571 g/mol. The molecule has 210 valence electrons. The highest BCUT2D eigenvalue weighted by Gasteiger charge is 2.33. The number of hydrogen-bond donors (Lipinski definition) is 2. The second kappa shape index (κ2) is 11.5. The number of nitrogens with zero attached hydrogens (tertiary/aromatic N) is 4. The summed E-state index contributed by atoms with van der Waals surface area (Å²) in [6.45, 7) is 14.6. The zero-order chi connectivity index (χ0) is 28.5. The zero-order valence-electron chi connectivity index (χ0n) is 23.8. The number of ether oxygens (including phenoxy) is 1. The Morgan fingerprint density at radius 3 is 2.49 bits per heavy atom. The van der Waals surface area contributed by atoms with E-state index >= 15 is 0 Å². The molecule has 39 heavy (non-hydrogen) atoms. The van der Waals surface area contributed by atoms with Gasteiger partial charge in [-0.1, -0.05) is 23.7 Å². The van der Waals surface area contributed by atoms with Crippen LogP contribution in [0.5, 0.6) is 0 Å². The highest BCUT2D eigenvalue weighted by Crippen LogP contribution is 2.39. The Balaban J connectivity index is 1.63. The molecule has 0 radical (unpaired) electrons. The van der Waals surface area contributed by atoms with Crippen LogP contribution in [0.1, 0.15) is 86.2 Å². The normalized spacial score (nSPS) is 15.4. The Morgan fingerprint density at radius 2 is 1.82 bits per heavy atom. The predicted molar refractivity (Wildman–Crippen MR) is 156 cm³/mol. The molecular weight excluding hydrogens is 534 g/mol. The van der Waals surface area contributed by atoms with E-state index < -0.39 is 17.2 Å². The number of nitrogens with one attached hydrogen (secondary N) is 1. The molecule has 3 aromatic rings. The van der Waals surface area contributed by atoms with Crippen molar-refractivity contribution in [2.75, 3.05) is 13.2 Å². The largest absolute Gasteiger partial charge is 0.396 e. The first kappa shape index (κ1) is 29.4. The van der Waals surface area contributed by atoms with Crippen LogP contribution in [-0.2, 0) is 9.53 Å². The van der Waals surface area contributed by atoms with Crippen molar-refractivity contribution in [3.05, 3.63) is 62.5 Å². The quantitative estimate of drug-likeness (QED) is 0.327. The van der Waals surface area contributed by atoms with Gasteiger partial charge in [-0.3, -0.25) is 14.4 Å². The number of halogens is 1. The first-order chi connectivity index (χ1) is 18.3. The van der Waals surface area contributed by atoms with E-state index in [1.165, 1.54) is 4.88 Å². The number of aryl methyl sites for hydroxylation is 2. The van der Waals surface area contributed by atoms with Gasteiger partial charge in [0.2, 0.25) is 5.91 Å². The molecule has 2 N–H and O–H groups in total. The summed E-state index contributed by atoms with van der Waals surface area (Å²) < 4.78 is 8.01. The lowest BCUT2D eigenvalue weighted by molar-refractivity contribution is -0.123. The number of rotatable bonds is 10. The van der Waals surface area contributed by atoms with Gasteiger partial charge in [0.15, 0.2) is 5.82 Å². The van der Waals surface area contributed by atoms with Gasteiger partial charge >= 0.3 is 0 Å². The first-order valence-corrected chi connectivity index (χ1v) is 14.4. The smallest absolute Gasteiger partial charge is 0.223 e.